The number of hydrogen-bond donors (Lipinski definition) is 0. The molecule has 5 saturated heterocycles. The van der Waals surface area contributed by atoms with Gasteiger partial charge in [0.05, 0.1) is 12.2 Å². The van der Waals surface area contributed by atoms with Gasteiger partial charge in [-0.05, 0) is 52.9 Å². The van der Waals surface area contributed by atoms with Crippen molar-refractivity contribution in [3.05, 3.63) is 26.7 Å². The van der Waals surface area contributed by atoms with Crippen molar-refractivity contribution in [3.63, 3.8) is 0 Å². The van der Waals surface area contributed by atoms with E-state index in [4.69, 9.17) is 28.7 Å². The fourth-order valence-corrected chi connectivity index (χ4v) is 6.97. The fourth-order valence-electron chi connectivity index (χ4n) is 6.97. The van der Waals surface area contributed by atoms with Crippen LogP contribution in [0.5, 0.6) is 0 Å². The molecular formula is C29H42N4O8. The van der Waals surface area contributed by atoms with Gasteiger partial charge in [0.15, 0.2) is 11.2 Å². The van der Waals surface area contributed by atoms with E-state index in [9.17, 15) is 14.4 Å². The van der Waals surface area contributed by atoms with Crippen LogP contribution in [0.4, 0.5) is 0 Å². The number of fused-ring (bicyclic) bond motifs is 1. The summed E-state index contributed by atoms with van der Waals surface area (Å²) in [6.45, 7) is 10.6. The van der Waals surface area contributed by atoms with E-state index in [-0.39, 0.29) is 42.4 Å². The highest BCUT2D eigenvalue weighted by Crippen LogP contribution is 2.56. The maximum absolute atomic E-state index is 13.9. The van der Waals surface area contributed by atoms with Crippen LogP contribution in [0.2, 0.25) is 0 Å². The third-order valence-corrected chi connectivity index (χ3v) is 8.45. The van der Waals surface area contributed by atoms with E-state index in [0.717, 1.165) is 25.7 Å². The van der Waals surface area contributed by atoms with E-state index in [0.29, 0.717) is 55.9 Å². The van der Waals surface area contributed by atoms with Crippen molar-refractivity contribution in [1.82, 2.24) is 18.7 Å². The first-order chi connectivity index (χ1) is 19.6. The zero-order valence-corrected chi connectivity index (χ0v) is 24.7. The Morgan fingerprint density at radius 2 is 1.80 bits per heavy atom. The Morgan fingerprint density at radius 3 is 2.46 bits per heavy atom. The van der Waals surface area contributed by atoms with Gasteiger partial charge in [0.2, 0.25) is 0 Å². The first kappa shape index (κ1) is 28.6. The number of ether oxygens (including phenoxy) is 5. The number of rotatable bonds is 9. The second-order valence-electron chi connectivity index (χ2n) is 12.7. The van der Waals surface area contributed by atoms with Gasteiger partial charge >= 0.3 is 11.7 Å². The van der Waals surface area contributed by atoms with Crippen molar-refractivity contribution in [2.75, 3.05) is 13.2 Å². The molecule has 4 bridgehead atoms. The molecule has 0 aliphatic carbocycles. The minimum Gasteiger partial charge on any atom is -0.458 e. The molecule has 41 heavy (non-hydrogen) atoms. The molecule has 2 aromatic heterocycles. The molecule has 5 aliphatic rings. The maximum Gasteiger partial charge on any atom is 0.332 e. The summed E-state index contributed by atoms with van der Waals surface area (Å²) >= 11 is 0. The molecule has 7 rings (SSSR count). The van der Waals surface area contributed by atoms with Gasteiger partial charge in [0.25, 0.3) is 5.56 Å². The summed E-state index contributed by atoms with van der Waals surface area (Å²) in [4.78, 5) is 44.8. The molecule has 226 valence electrons. The number of hydrogen-bond acceptors (Lipinski definition) is 9. The predicted molar refractivity (Wildman–Crippen MR) is 148 cm³/mol. The van der Waals surface area contributed by atoms with Crippen LogP contribution in [-0.2, 0) is 47.2 Å². The molecule has 12 nitrogen and oxygen atoms in total. The van der Waals surface area contributed by atoms with E-state index >= 15 is 0 Å². The van der Waals surface area contributed by atoms with Crippen LogP contribution in [0.15, 0.2) is 9.59 Å². The number of carbonyl (C=O) groups is 1. The van der Waals surface area contributed by atoms with E-state index in [1.54, 1.807) is 4.57 Å². The van der Waals surface area contributed by atoms with E-state index < -0.39 is 23.3 Å². The third kappa shape index (κ3) is 4.86. The standard InChI is InChI=1S/C29H42N4O8/c1-6-11-31-24-21(25(35)32(12-7-2)27(31)36)33(19-10-8-9-13-37-19)26(30-24)29-14-17-22(23(41-29)18(15-29)39-17)38-16-20(34)40-28(3,4)5/h17-19,22-23H,6-16H2,1-5H3. The van der Waals surface area contributed by atoms with Crippen LogP contribution >= 0.6 is 0 Å². The van der Waals surface area contributed by atoms with E-state index in [1.807, 2.05) is 39.2 Å². The first-order valence-corrected chi connectivity index (χ1v) is 15.1. The lowest BCUT2D eigenvalue weighted by atomic mass is 9.89. The SMILES string of the molecule is CCCn1c(=O)c2c(nc(C34CC5OC(C3)C(O4)C5OCC(=O)OC(C)(C)C)n2C2CCCCO2)n(CCC)c1=O. The quantitative estimate of drug-likeness (QED) is 0.416. The number of carbonyl (C=O) groups excluding carboxylic acids is 1. The van der Waals surface area contributed by atoms with Crippen molar-refractivity contribution in [2.24, 2.45) is 0 Å². The minimum absolute atomic E-state index is 0.184. The number of esters is 1. The van der Waals surface area contributed by atoms with Gasteiger partial charge in [0, 0.05) is 32.5 Å². The molecule has 5 aliphatic heterocycles. The van der Waals surface area contributed by atoms with Crippen LogP contribution in [-0.4, -0.2) is 67.9 Å². The zero-order valence-electron chi connectivity index (χ0n) is 24.7. The molecule has 0 amide bonds. The summed E-state index contributed by atoms with van der Waals surface area (Å²) in [5.41, 5.74) is -1.31. The zero-order chi connectivity index (χ0) is 29.1. The fraction of sp³-hybridized carbons (Fsp3) is 0.793. The molecule has 0 spiro atoms. The maximum atomic E-state index is 13.9. The summed E-state index contributed by atoms with van der Waals surface area (Å²) in [5, 5.41) is 0. The average molecular weight is 575 g/mol. The topological polar surface area (TPSA) is 125 Å². The Morgan fingerprint density at radius 1 is 1.07 bits per heavy atom. The van der Waals surface area contributed by atoms with Crippen molar-refractivity contribution < 1.29 is 28.5 Å². The lowest BCUT2D eigenvalue weighted by Crippen LogP contribution is -2.48. The number of nitrogens with zero attached hydrogens (tertiary/aromatic N) is 4. The second kappa shape index (κ2) is 10.6. The first-order valence-electron chi connectivity index (χ1n) is 15.1. The van der Waals surface area contributed by atoms with Gasteiger partial charge in [-0.3, -0.25) is 18.5 Å². The van der Waals surface area contributed by atoms with Gasteiger partial charge in [-0.1, -0.05) is 13.8 Å². The summed E-state index contributed by atoms with van der Waals surface area (Å²) < 4.78 is 35.6. The second-order valence-corrected chi connectivity index (χ2v) is 12.7. The smallest absolute Gasteiger partial charge is 0.332 e. The van der Waals surface area contributed by atoms with Crippen molar-refractivity contribution in [1.29, 1.82) is 0 Å². The van der Waals surface area contributed by atoms with E-state index in [1.165, 1.54) is 4.57 Å². The van der Waals surface area contributed by atoms with E-state index in [2.05, 4.69) is 0 Å². The molecule has 0 N–H and O–H groups in total. The monoisotopic (exact) mass is 574 g/mol. The summed E-state index contributed by atoms with van der Waals surface area (Å²) in [6.07, 6.45) is 3.33. The molecule has 5 fully saturated rings. The van der Waals surface area contributed by atoms with Crippen LogP contribution in [0, 0.1) is 0 Å². The lowest BCUT2D eigenvalue weighted by molar-refractivity contribution is -0.190. The number of aryl methyl sites for hydroxylation is 1. The molecule has 6 atom stereocenters. The molecule has 12 heteroatoms. The molecule has 2 aromatic rings. The summed E-state index contributed by atoms with van der Waals surface area (Å²) in [6, 6.07) is 0. The molecule has 0 radical (unpaired) electrons. The van der Waals surface area contributed by atoms with Crippen LogP contribution in [0.1, 0.15) is 91.6 Å². The Labute approximate surface area is 238 Å². The molecule has 7 heterocycles. The van der Waals surface area contributed by atoms with Crippen LogP contribution in [0.25, 0.3) is 11.2 Å². The van der Waals surface area contributed by atoms with Crippen LogP contribution < -0.4 is 11.2 Å². The molecule has 6 unspecified atom stereocenters. The van der Waals surface area contributed by atoms with Crippen molar-refractivity contribution in [3.8, 4) is 0 Å². The summed E-state index contributed by atoms with van der Waals surface area (Å²) in [5.74, 6) is 0.180. The van der Waals surface area contributed by atoms with Gasteiger partial charge < -0.3 is 23.7 Å². The normalized spacial score (nSPS) is 30.9. The molecule has 0 aromatic carbocycles. The Bertz CT molecular complexity index is 1430. The molecule has 0 saturated carbocycles. The third-order valence-electron chi connectivity index (χ3n) is 8.45. The largest absolute Gasteiger partial charge is 0.458 e. The number of aromatic nitrogens is 4. The Kier molecular flexibility index (Phi) is 7.40. The average Bonchev–Trinajstić information content (AvgIpc) is 3.52. The number of imidazole rings is 1. The highest BCUT2D eigenvalue weighted by Gasteiger charge is 2.66. The Hall–Kier alpha value is -2.54. The summed E-state index contributed by atoms with van der Waals surface area (Å²) in [7, 11) is 0. The molecular weight excluding hydrogens is 532 g/mol. The van der Waals surface area contributed by atoms with Gasteiger partial charge in [-0.15, -0.1) is 0 Å². The van der Waals surface area contributed by atoms with Crippen molar-refractivity contribution >= 4 is 17.1 Å². The van der Waals surface area contributed by atoms with Gasteiger partial charge in [-0.2, -0.15) is 0 Å². The van der Waals surface area contributed by atoms with Crippen LogP contribution in [0.3, 0.4) is 0 Å². The highest BCUT2D eigenvalue weighted by molar-refractivity contribution is 5.72. The van der Waals surface area contributed by atoms with Crippen molar-refractivity contribution in [2.45, 2.75) is 134 Å². The predicted octanol–water partition coefficient (Wildman–Crippen LogP) is 2.76. The van der Waals surface area contributed by atoms with Gasteiger partial charge in [0.1, 0.15) is 42.1 Å². The lowest BCUT2D eigenvalue weighted by Gasteiger charge is -2.40. The minimum atomic E-state index is -0.820. The Balaban J connectivity index is 1.41. The van der Waals surface area contributed by atoms with Gasteiger partial charge in [-0.25, -0.2) is 14.6 Å². The highest BCUT2D eigenvalue weighted by atomic mass is 16.6.